The zero-order chi connectivity index (χ0) is 19.9. The smallest absolute Gasteiger partial charge is 0.274 e. The van der Waals surface area contributed by atoms with E-state index in [0.717, 1.165) is 41.2 Å². The minimum absolute atomic E-state index is 0.217. The molecule has 0 aliphatic rings. The summed E-state index contributed by atoms with van der Waals surface area (Å²) >= 11 is 0. The molecule has 1 amide bonds. The van der Waals surface area contributed by atoms with Crippen LogP contribution in [-0.2, 0) is 6.42 Å². The largest absolute Gasteiger partial charge is 0.497 e. The van der Waals surface area contributed by atoms with Crippen LogP contribution in [0, 0.1) is 13.8 Å². The van der Waals surface area contributed by atoms with Crippen molar-refractivity contribution in [3.05, 3.63) is 83.2 Å². The summed E-state index contributed by atoms with van der Waals surface area (Å²) in [5.74, 6) is 0.636. The Balaban J connectivity index is 1.61. The van der Waals surface area contributed by atoms with Gasteiger partial charge in [0.05, 0.1) is 7.11 Å². The summed E-state index contributed by atoms with van der Waals surface area (Å²) < 4.78 is 5.25. The molecule has 1 aromatic heterocycles. The Labute approximate surface area is 165 Å². The van der Waals surface area contributed by atoms with Gasteiger partial charge in [-0.3, -0.25) is 9.78 Å². The number of aryl methyl sites for hydroxylation is 1. The molecule has 3 rings (SSSR count). The van der Waals surface area contributed by atoms with Crippen LogP contribution in [0.2, 0.25) is 0 Å². The van der Waals surface area contributed by atoms with Gasteiger partial charge < -0.3 is 15.4 Å². The van der Waals surface area contributed by atoms with Gasteiger partial charge in [0.1, 0.15) is 11.4 Å². The molecule has 0 aliphatic carbocycles. The van der Waals surface area contributed by atoms with Crippen molar-refractivity contribution in [1.82, 2.24) is 4.98 Å². The standard InChI is InChI=1S/C23H25N3O2/c1-16-6-4-9-21(17(16)2)26-23(27)22-15-19(11-13-25-22)24-12-10-18-7-5-8-20(14-18)28-3/h4-9,11,13-15H,10,12H2,1-3H3,(H,24,25)(H,26,27). The van der Waals surface area contributed by atoms with Crippen molar-refractivity contribution in [2.24, 2.45) is 0 Å². The predicted octanol–water partition coefficient (Wildman–Crippen LogP) is 4.61. The van der Waals surface area contributed by atoms with Crippen molar-refractivity contribution in [2.75, 3.05) is 24.3 Å². The lowest BCUT2D eigenvalue weighted by molar-refractivity contribution is 0.102. The fraction of sp³-hybridized carbons (Fsp3) is 0.217. The van der Waals surface area contributed by atoms with Crippen molar-refractivity contribution in [3.63, 3.8) is 0 Å². The Morgan fingerprint density at radius 1 is 1.07 bits per heavy atom. The van der Waals surface area contributed by atoms with Crippen LogP contribution in [0.4, 0.5) is 11.4 Å². The number of carbonyl (C=O) groups is 1. The summed E-state index contributed by atoms with van der Waals surface area (Å²) in [7, 11) is 1.67. The molecule has 1 heterocycles. The average molecular weight is 375 g/mol. The molecular formula is C23H25N3O2. The number of hydrogen-bond donors (Lipinski definition) is 2. The highest BCUT2D eigenvalue weighted by molar-refractivity contribution is 6.03. The summed E-state index contributed by atoms with van der Waals surface area (Å²) in [6.07, 6.45) is 2.50. The maximum absolute atomic E-state index is 12.6. The van der Waals surface area contributed by atoms with Crippen molar-refractivity contribution < 1.29 is 9.53 Å². The van der Waals surface area contributed by atoms with E-state index in [4.69, 9.17) is 4.74 Å². The van der Waals surface area contributed by atoms with E-state index in [9.17, 15) is 4.79 Å². The van der Waals surface area contributed by atoms with Gasteiger partial charge in [0.15, 0.2) is 0 Å². The molecule has 5 nitrogen and oxygen atoms in total. The molecule has 2 aromatic carbocycles. The fourth-order valence-corrected chi connectivity index (χ4v) is 2.92. The quantitative estimate of drug-likeness (QED) is 0.633. The van der Waals surface area contributed by atoms with Gasteiger partial charge in [-0.05, 0) is 67.3 Å². The third kappa shape index (κ3) is 4.88. The summed E-state index contributed by atoms with van der Waals surface area (Å²) in [4.78, 5) is 16.8. The molecule has 0 saturated heterocycles. The number of carbonyl (C=O) groups excluding carboxylic acids is 1. The van der Waals surface area contributed by atoms with Crippen LogP contribution in [-0.4, -0.2) is 24.5 Å². The molecule has 28 heavy (non-hydrogen) atoms. The number of anilines is 2. The van der Waals surface area contributed by atoms with Gasteiger partial charge in [0, 0.05) is 24.1 Å². The number of aromatic nitrogens is 1. The monoisotopic (exact) mass is 375 g/mol. The second-order valence-corrected chi connectivity index (χ2v) is 6.66. The molecular weight excluding hydrogens is 350 g/mol. The summed E-state index contributed by atoms with van der Waals surface area (Å²) in [5.41, 5.74) is 5.44. The van der Waals surface area contributed by atoms with Crippen LogP contribution in [0.3, 0.4) is 0 Å². The van der Waals surface area contributed by atoms with E-state index in [2.05, 4.69) is 21.7 Å². The number of nitrogens with zero attached hydrogens (tertiary/aromatic N) is 1. The molecule has 0 spiro atoms. The first-order chi connectivity index (χ1) is 13.6. The van der Waals surface area contributed by atoms with Gasteiger partial charge in [-0.25, -0.2) is 0 Å². The van der Waals surface area contributed by atoms with E-state index in [1.165, 1.54) is 5.56 Å². The molecule has 0 unspecified atom stereocenters. The molecule has 5 heteroatoms. The predicted molar refractivity (Wildman–Crippen MR) is 113 cm³/mol. The fourth-order valence-electron chi connectivity index (χ4n) is 2.92. The molecule has 144 valence electrons. The maximum Gasteiger partial charge on any atom is 0.274 e. The maximum atomic E-state index is 12.6. The van der Waals surface area contributed by atoms with Crippen molar-refractivity contribution >= 4 is 17.3 Å². The van der Waals surface area contributed by atoms with E-state index in [0.29, 0.717) is 5.69 Å². The molecule has 0 fully saturated rings. The number of methoxy groups -OCH3 is 1. The third-order valence-electron chi connectivity index (χ3n) is 4.72. The SMILES string of the molecule is COc1cccc(CCNc2ccnc(C(=O)Nc3cccc(C)c3C)c2)c1. The molecule has 2 N–H and O–H groups in total. The van der Waals surface area contributed by atoms with Gasteiger partial charge in [0.2, 0.25) is 0 Å². The van der Waals surface area contributed by atoms with Crippen LogP contribution in [0.25, 0.3) is 0 Å². The normalized spacial score (nSPS) is 10.4. The summed E-state index contributed by atoms with van der Waals surface area (Å²) in [6, 6.07) is 17.5. The second kappa shape index (κ2) is 9.04. The van der Waals surface area contributed by atoms with Crippen LogP contribution in [0.5, 0.6) is 5.75 Å². The topological polar surface area (TPSA) is 63.2 Å². The average Bonchev–Trinajstić information content (AvgIpc) is 2.72. The van der Waals surface area contributed by atoms with Crippen LogP contribution in [0.15, 0.2) is 60.8 Å². The highest BCUT2D eigenvalue weighted by Crippen LogP contribution is 2.19. The summed E-state index contributed by atoms with van der Waals surface area (Å²) in [5, 5.41) is 6.30. The van der Waals surface area contributed by atoms with Crippen molar-refractivity contribution in [1.29, 1.82) is 0 Å². The minimum atomic E-state index is -0.217. The van der Waals surface area contributed by atoms with Gasteiger partial charge in [0.25, 0.3) is 5.91 Å². The van der Waals surface area contributed by atoms with E-state index in [1.54, 1.807) is 19.4 Å². The first-order valence-electron chi connectivity index (χ1n) is 9.27. The number of hydrogen-bond acceptors (Lipinski definition) is 4. The number of nitrogens with one attached hydrogen (secondary N) is 2. The Morgan fingerprint density at radius 3 is 2.71 bits per heavy atom. The van der Waals surface area contributed by atoms with Gasteiger partial charge >= 0.3 is 0 Å². The highest BCUT2D eigenvalue weighted by atomic mass is 16.5. The number of rotatable bonds is 7. The van der Waals surface area contributed by atoms with E-state index < -0.39 is 0 Å². The first-order valence-corrected chi connectivity index (χ1v) is 9.27. The molecule has 0 aliphatic heterocycles. The zero-order valence-electron chi connectivity index (χ0n) is 16.5. The number of pyridine rings is 1. The lowest BCUT2D eigenvalue weighted by Gasteiger charge is -2.11. The minimum Gasteiger partial charge on any atom is -0.497 e. The van der Waals surface area contributed by atoms with Gasteiger partial charge in [-0.15, -0.1) is 0 Å². The molecule has 3 aromatic rings. The lowest BCUT2D eigenvalue weighted by Crippen LogP contribution is -2.15. The van der Waals surface area contributed by atoms with E-state index >= 15 is 0 Å². The number of ether oxygens (including phenoxy) is 1. The zero-order valence-corrected chi connectivity index (χ0v) is 16.5. The molecule has 0 atom stereocenters. The number of amides is 1. The van der Waals surface area contributed by atoms with Crippen molar-refractivity contribution in [2.45, 2.75) is 20.3 Å². The third-order valence-corrected chi connectivity index (χ3v) is 4.72. The lowest BCUT2D eigenvalue weighted by atomic mass is 10.1. The van der Waals surface area contributed by atoms with E-state index in [-0.39, 0.29) is 5.91 Å². The van der Waals surface area contributed by atoms with Crippen LogP contribution in [0.1, 0.15) is 27.2 Å². The van der Waals surface area contributed by atoms with Crippen LogP contribution < -0.4 is 15.4 Å². The highest BCUT2D eigenvalue weighted by Gasteiger charge is 2.10. The number of benzene rings is 2. The Kier molecular flexibility index (Phi) is 6.27. The Morgan fingerprint density at radius 2 is 1.89 bits per heavy atom. The van der Waals surface area contributed by atoms with Gasteiger partial charge in [-0.2, -0.15) is 0 Å². The Bertz CT molecular complexity index is 970. The van der Waals surface area contributed by atoms with Crippen LogP contribution >= 0.6 is 0 Å². The second-order valence-electron chi connectivity index (χ2n) is 6.66. The first kappa shape index (κ1) is 19.4. The molecule has 0 bridgehead atoms. The van der Waals surface area contributed by atoms with E-state index in [1.807, 2.05) is 56.3 Å². The Hall–Kier alpha value is -3.34. The van der Waals surface area contributed by atoms with Crippen molar-refractivity contribution in [3.8, 4) is 5.75 Å². The summed E-state index contributed by atoms with van der Waals surface area (Å²) in [6.45, 7) is 4.76. The van der Waals surface area contributed by atoms with Gasteiger partial charge in [-0.1, -0.05) is 24.3 Å². The molecule has 0 radical (unpaired) electrons. The molecule has 0 saturated carbocycles.